The average molecular weight is 404 g/mol. The first-order valence-electron chi connectivity index (χ1n) is 11.1. The maximum Gasteiger partial charge on any atom is 0.258 e. The Bertz CT molecular complexity index is 1070. The van der Waals surface area contributed by atoms with Crippen molar-refractivity contribution < 1.29 is 4.79 Å². The van der Waals surface area contributed by atoms with Crippen LogP contribution < -0.4 is 0 Å². The second-order valence-corrected chi connectivity index (χ2v) is 8.71. The van der Waals surface area contributed by atoms with Crippen LogP contribution in [0.3, 0.4) is 0 Å². The van der Waals surface area contributed by atoms with Crippen molar-refractivity contribution in [1.29, 1.82) is 0 Å². The van der Waals surface area contributed by atoms with E-state index in [1.54, 1.807) is 0 Å². The molecule has 156 valence electrons. The predicted octanol–water partition coefficient (Wildman–Crippen LogP) is 3.79. The fraction of sp³-hybridized carbons (Fsp3) is 0.458. The van der Waals surface area contributed by atoms with Crippen molar-refractivity contribution in [3.05, 3.63) is 53.3 Å². The van der Waals surface area contributed by atoms with E-state index in [1.807, 2.05) is 45.9 Å². The van der Waals surface area contributed by atoms with E-state index in [4.69, 9.17) is 10.1 Å². The van der Waals surface area contributed by atoms with E-state index in [-0.39, 0.29) is 5.91 Å². The SMILES string of the molecule is CC(C)N1CCc2c(C(=O)N3CCCCC3)c3nc(-c4ccccc4)cnn3c2C1. The minimum Gasteiger partial charge on any atom is -0.339 e. The zero-order valence-electron chi connectivity index (χ0n) is 17.8. The van der Waals surface area contributed by atoms with Gasteiger partial charge < -0.3 is 4.90 Å². The fourth-order valence-corrected chi connectivity index (χ4v) is 4.75. The number of hydrogen-bond acceptors (Lipinski definition) is 4. The van der Waals surface area contributed by atoms with Crippen molar-refractivity contribution >= 4 is 11.6 Å². The van der Waals surface area contributed by atoms with Crippen molar-refractivity contribution in [2.24, 2.45) is 0 Å². The van der Waals surface area contributed by atoms with Crippen LogP contribution in [0.4, 0.5) is 0 Å². The molecule has 0 saturated carbocycles. The van der Waals surface area contributed by atoms with Gasteiger partial charge in [0.1, 0.15) is 0 Å². The average Bonchev–Trinajstić information content (AvgIpc) is 3.12. The van der Waals surface area contributed by atoms with Crippen LogP contribution in [-0.4, -0.2) is 56.0 Å². The lowest BCUT2D eigenvalue weighted by atomic mass is 10.00. The molecule has 30 heavy (non-hydrogen) atoms. The monoisotopic (exact) mass is 403 g/mol. The van der Waals surface area contributed by atoms with Gasteiger partial charge in [-0.2, -0.15) is 5.10 Å². The molecule has 1 amide bonds. The lowest BCUT2D eigenvalue weighted by Gasteiger charge is -2.31. The number of benzene rings is 1. The second-order valence-electron chi connectivity index (χ2n) is 8.71. The molecule has 1 saturated heterocycles. The largest absolute Gasteiger partial charge is 0.339 e. The molecule has 3 aromatic rings. The van der Waals surface area contributed by atoms with Crippen LogP contribution in [0.5, 0.6) is 0 Å². The lowest BCUT2D eigenvalue weighted by Crippen LogP contribution is -2.38. The number of amides is 1. The van der Waals surface area contributed by atoms with Crippen molar-refractivity contribution in [2.75, 3.05) is 19.6 Å². The Morgan fingerprint density at radius 2 is 1.80 bits per heavy atom. The van der Waals surface area contributed by atoms with Crippen LogP contribution in [0, 0.1) is 0 Å². The van der Waals surface area contributed by atoms with E-state index < -0.39 is 0 Å². The van der Waals surface area contributed by atoms with Crippen LogP contribution in [0.15, 0.2) is 36.5 Å². The highest BCUT2D eigenvalue weighted by Crippen LogP contribution is 2.31. The number of rotatable bonds is 3. The van der Waals surface area contributed by atoms with Gasteiger partial charge in [-0.1, -0.05) is 30.3 Å². The molecule has 6 nitrogen and oxygen atoms in total. The van der Waals surface area contributed by atoms with Crippen molar-refractivity contribution in [3.63, 3.8) is 0 Å². The fourth-order valence-electron chi connectivity index (χ4n) is 4.75. The highest BCUT2D eigenvalue weighted by atomic mass is 16.2. The van der Waals surface area contributed by atoms with Crippen LogP contribution in [0.25, 0.3) is 16.9 Å². The molecule has 0 aliphatic carbocycles. The summed E-state index contributed by atoms with van der Waals surface area (Å²) in [5, 5.41) is 4.77. The van der Waals surface area contributed by atoms with Crippen LogP contribution in [0.1, 0.15) is 54.7 Å². The second kappa shape index (κ2) is 7.84. The van der Waals surface area contributed by atoms with Gasteiger partial charge in [0.2, 0.25) is 0 Å². The first-order chi connectivity index (χ1) is 14.6. The molecule has 6 heteroatoms. The first-order valence-corrected chi connectivity index (χ1v) is 11.1. The van der Waals surface area contributed by atoms with Crippen molar-refractivity contribution in [2.45, 2.75) is 52.1 Å². The van der Waals surface area contributed by atoms with Gasteiger partial charge in [-0.25, -0.2) is 9.50 Å². The molecule has 2 aliphatic rings. The summed E-state index contributed by atoms with van der Waals surface area (Å²) in [7, 11) is 0. The zero-order valence-corrected chi connectivity index (χ0v) is 17.8. The summed E-state index contributed by atoms with van der Waals surface area (Å²) in [6.45, 7) is 7.90. The summed E-state index contributed by atoms with van der Waals surface area (Å²) in [6, 6.07) is 10.5. The van der Waals surface area contributed by atoms with Crippen LogP contribution in [0.2, 0.25) is 0 Å². The normalized spacial score (nSPS) is 17.5. The molecule has 1 aromatic carbocycles. The third-order valence-electron chi connectivity index (χ3n) is 6.51. The van der Waals surface area contributed by atoms with Gasteiger partial charge in [-0.15, -0.1) is 0 Å². The third kappa shape index (κ3) is 3.29. The number of aromatic nitrogens is 3. The van der Waals surface area contributed by atoms with E-state index in [2.05, 4.69) is 18.7 Å². The smallest absolute Gasteiger partial charge is 0.258 e. The summed E-state index contributed by atoms with van der Waals surface area (Å²) >= 11 is 0. The highest BCUT2D eigenvalue weighted by Gasteiger charge is 2.32. The molecule has 0 atom stereocenters. The number of nitrogens with zero attached hydrogens (tertiary/aromatic N) is 5. The Hall–Kier alpha value is -2.73. The molecule has 0 bridgehead atoms. The minimum absolute atomic E-state index is 0.131. The molecule has 0 radical (unpaired) electrons. The Labute approximate surface area is 177 Å². The molecular formula is C24H29N5O. The topological polar surface area (TPSA) is 53.7 Å². The summed E-state index contributed by atoms with van der Waals surface area (Å²) in [5.74, 6) is 0.131. The van der Waals surface area contributed by atoms with Crippen LogP contribution in [-0.2, 0) is 13.0 Å². The maximum atomic E-state index is 13.6. The maximum absolute atomic E-state index is 13.6. The Morgan fingerprint density at radius 1 is 1.03 bits per heavy atom. The number of carbonyl (C=O) groups excluding carboxylic acids is 1. The molecule has 0 N–H and O–H groups in total. The number of piperidine rings is 1. The zero-order chi connectivity index (χ0) is 20.7. The van der Waals surface area contributed by atoms with E-state index >= 15 is 0 Å². The third-order valence-corrected chi connectivity index (χ3v) is 6.51. The van der Waals surface area contributed by atoms with E-state index in [0.717, 1.165) is 73.5 Å². The van der Waals surface area contributed by atoms with Gasteiger partial charge in [0, 0.05) is 37.8 Å². The molecule has 2 aromatic heterocycles. The Morgan fingerprint density at radius 3 is 2.53 bits per heavy atom. The summed E-state index contributed by atoms with van der Waals surface area (Å²) in [5.41, 5.74) is 5.59. The summed E-state index contributed by atoms with van der Waals surface area (Å²) < 4.78 is 1.92. The van der Waals surface area contributed by atoms with Gasteiger partial charge in [0.15, 0.2) is 5.65 Å². The summed E-state index contributed by atoms with van der Waals surface area (Å²) in [4.78, 5) is 23.1. The lowest BCUT2D eigenvalue weighted by molar-refractivity contribution is 0.0724. The van der Waals surface area contributed by atoms with Gasteiger partial charge in [0.05, 0.1) is 23.1 Å². The molecule has 2 aliphatic heterocycles. The molecule has 5 rings (SSSR count). The van der Waals surface area contributed by atoms with Crippen molar-refractivity contribution in [1.82, 2.24) is 24.4 Å². The number of likely N-dealkylation sites (tertiary alicyclic amines) is 1. The highest BCUT2D eigenvalue weighted by molar-refractivity contribution is 6.02. The quantitative estimate of drug-likeness (QED) is 0.668. The van der Waals surface area contributed by atoms with Gasteiger partial charge in [-0.05, 0) is 45.1 Å². The predicted molar refractivity (Wildman–Crippen MR) is 117 cm³/mol. The molecule has 0 spiro atoms. The Kier molecular flexibility index (Phi) is 5.03. The number of hydrogen-bond donors (Lipinski definition) is 0. The van der Waals surface area contributed by atoms with Gasteiger partial charge in [-0.3, -0.25) is 9.69 Å². The summed E-state index contributed by atoms with van der Waals surface area (Å²) in [6.07, 6.45) is 6.07. The number of carbonyl (C=O) groups is 1. The van der Waals surface area contributed by atoms with E-state index in [0.29, 0.717) is 11.7 Å². The van der Waals surface area contributed by atoms with Gasteiger partial charge in [0.25, 0.3) is 5.91 Å². The number of fused-ring (bicyclic) bond motifs is 3. The van der Waals surface area contributed by atoms with Gasteiger partial charge >= 0.3 is 0 Å². The molecule has 1 fully saturated rings. The van der Waals surface area contributed by atoms with Crippen LogP contribution >= 0.6 is 0 Å². The first kappa shape index (κ1) is 19.2. The van der Waals surface area contributed by atoms with E-state index in [1.165, 1.54) is 6.42 Å². The minimum atomic E-state index is 0.131. The van der Waals surface area contributed by atoms with E-state index in [9.17, 15) is 4.79 Å². The Balaban J connectivity index is 1.66. The molecular weight excluding hydrogens is 374 g/mol. The standard InChI is InChI=1S/C24H29N5O/c1-17(2)28-14-11-19-21(16-28)29-23(22(19)24(30)27-12-7-4-8-13-27)26-20(15-25-29)18-9-5-3-6-10-18/h3,5-6,9-10,15,17H,4,7-8,11-14,16H2,1-2H3. The molecule has 4 heterocycles. The molecule has 0 unspecified atom stereocenters. The van der Waals surface area contributed by atoms with Crippen molar-refractivity contribution in [3.8, 4) is 11.3 Å².